The summed E-state index contributed by atoms with van der Waals surface area (Å²) in [4.78, 5) is 5.88. The molecule has 2 aromatic heterocycles. The third-order valence-electron chi connectivity index (χ3n) is 3.12. The molecule has 0 radical (unpaired) electrons. The van der Waals surface area contributed by atoms with Gasteiger partial charge in [-0.1, -0.05) is 25.1 Å². The first-order valence-corrected chi connectivity index (χ1v) is 7.95. The average molecular weight is 306 g/mol. The Hall–Kier alpha value is -1.82. The van der Waals surface area contributed by atoms with Gasteiger partial charge in [-0.2, -0.15) is 0 Å². The molecule has 5 nitrogen and oxygen atoms in total. The highest BCUT2D eigenvalue weighted by Gasteiger charge is 2.21. The highest BCUT2D eigenvalue weighted by Crippen LogP contribution is 2.26. The zero-order valence-corrected chi connectivity index (χ0v) is 13.5. The third-order valence-corrected chi connectivity index (χ3v) is 4.36. The van der Waals surface area contributed by atoms with Gasteiger partial charge in [0.1, 0.15) is 12.0 Å². The van der Waals surface area contributed by atoms with Gasteiger partial charge >= 0.3 is 0 Å². The van der Waals surface area contributed by atoms with Gasteiger partial charge < -0.3 is 15.2 Å². The molecule has 0 spiro atoms. The summed E-state index contributed by atoms with van der Waals surface area (Å²) in [6.07, 6.45) is 1.56. The number of aromatic nitrogens is 1. The van der Waals surface area contributed by atoms with Crippen LogP contribution in [0, 0.1) is 0 Å². The van der Waals surface area contributed by atoms with Crippen molar-refractivity contribution < 1.29 is 4.52 Å². The maximum absolute atomic E-state index is 4.81. The van der Waals surface area contributed by atoms with Gasteiger partial charge in [-0.15, -0.1) is 11.3 Å². The van der Waals surface area contributed by atoms with Gasteiger partial charge in [0, 0.05) is 29.4 Å². The lowest BCUT2D eigenvalue weighted by molar-refractivity contribution is 0.412. The lowest BCUT2D eigenvalue weighted by Crippen LogP contribution is -2.43. The Balaban J connectivity index is 1.95. The van der Waals surface area contributed by atoms with Crippen molar-refractivity contribution in [2.75, 3.05) is 13.1 Å². The first-order valence-electron chi connectivity index (χ1n) is 7.07. The van der Waals surface area contributed by atoms with Crippen LogP contribution in [0.3, 0.4) is 0 Å². The summed E-state index contributed by atoms with van der Waals surface area (Å²) in [7, 11) is 0. The van der Waals surface area contributed by atoms with Gasteiger partial charge in [-0.05, 0) is 18.4 Å². The van der Waals surface area contributed by atoms with E-state index in [1.165, 1.54) is 4.88 Å². The molecule has 0 aromatic carbocycles. The Morgan fingerprint density at radius 2 is 2.24 bits per heavy atom. The molecule has 114 valence electrons. The van der Waals surface area contributed by atoms with Crippen molar-refractivity contribution in [2.45, 2.75) is 32.7 Å². The highest BCUT2D eigenvalue weighted by atomic mass is 32.1. The smallest absolute Gasteiger partial charge is 0.191 e. The van der Waals surface area contributed by atoms with E-state index in [1.807, 2.05) is 6.07 Å². The summed E-state index contributed by atoms with van der Waals surface area (Å²) in [5, 5.41) is 12.6. The fraction of sp³-hybridized carbons (Fsp3) is 0.467. The van der Waals surface area contributed by atoms with E-state index in [1.54, 1.807) is 17.6 Å². The van der Waals surface area contributed by atoms with E-state index >= 15 is 0 Å². The Kier molecular flexibility index (Phi) is 5.38. The summed E-state index contributed by atoms with van der Waals surface area (Å²) in [5.74, 6) is 0.796. The summed E-state index contributed by atoms with van der Waals surface area (Å²) >= 11 is 1.78. The van der Waals surface area contributed by atoms with Crippen molar-refractivity contribution in [3.05, 3.63) is 40.4 Å². The summed E-state index contributed by atoms with van der Waals surface area (Å²) in [5.41, 5.74) is 0.892. The summed E-state index contributed by atoms with van der Waals surface area (Å²) < 4.78 is 4.81. The zero-order valence-electron chi connectivity index (χ0n) is 12.7. The van der Waals surface area contributed by atoms with Gasteiger partial charge in [0.2, 0.25) is 0 Å². The van der Waals surface area contributed by atoms with Gasteiger partial charge in [-0.3, -0.25) is 0 Å². The van der Waals surface area contributed by atoms with Gasteiger partial charge in [-0.25, -0.2) is 4.99 Å². The minimum Gasteiger partial charge on any atom is -0.364 e. The fourth-order valence-electron chi connectivity index (χ4n) is 1.88. The maximum atomic E-state index is 4.81. The van der Waals surface area contributed by atoms with Crippen molar-refractivity contribution in [3.8, 4) is 0 Å². The van der Waals surface area contributed by atoms with Crippen molar-refractivity contribution in [1.82, 2.24) is 15.8 Å². The molecule has 2 rings (SSSR count). The minimum atomic E-state index is 0.0677. The van der Waals surface area contributed by atoms with Crippen LogP contribution in [0.1, 0.15) is 31.3 Å². The molecule has 0 saturated heterocycles. The summed E-state index contributed by atoms with van der Waals surface area (Å²) in [6, 6.07) is 6.08. The first kappa shape index (κ1) is 15.6. The van der Waals surface area contributed by atoms with Crippen LogP contribution in [0.15, 0.2) is 39.4 Å². The molecule has 0 fully saturated rings. The topological polar surface area (TPSA) is 62.5 Å². The average Bonchev–Trinajstić information content (AvgIpc) is 3.14. The molecular formula is C15H22N4OS. The normalized spacial score (nSPS) is 12.4. The molecule has 0 aliphatic carbocycles. The molecule has 6 heteroatoms. The number of hydrogen-bond acceptors (Lipinski definition) is 4. The highest BCUT2D eigenvalue weighted by molar-refractivity contribution is 7.10. The molecule has 0 atom stereocenters. The second-order valence-electron chi connectivity index (χ2n) is 5.40. The van der Waals surface area contributed by atoms with E-state index < -0.39 is 0 Å². The quantitative estimate of drug-likeness (QED) is 0.636. The molecule has 21 heavy (non-hydrogen) atoms. The van der Waals surface area contributed by atoms with Crippen molar-refractivity contribution in [2.24, 2.45) is 4.99 Å². The predicted molar refractivity (Wildman–Crippen MR) is 86.7 cm³/mol. The van der Waals surface area contributed by atoms with Gasteiger partial charge in [0.15, 0.2) is 5.96 Å². The lowest BCUT2D eigenvalue weighted by atomic mass is 9.91. The van der Waals surface area contributed by atoms with E-state index in [2.05, 4.69) is 59.1 Å². The van der Waals surface area contributed by atoms with Crippen LogP contribution in [-0.4, -0.2) is 24.2 Å². The van der Waals surface area contributed by atoms with E-state index in [-0.39, 0.29) is 5.41 Å². The SMILES string of the molecule is CCNC(=NCc1ccon1)NCC(C)(C)c1cccs1. The zero-order chi connectivity index (χ0) is 15.1. The Bertz CT molecular complexity index is 546. The molecule has 0 aliphatic heterocycles. The molecule has 0 bridgehead atoms. The largest absolute Gasteiger partial charge is 0.364 e. The minimum absolute atomic E-state index is 0.0677. The van der Waals surface area contributed by atoms with Crippen LogP contribution in [0.5, 0.6) is 0 Å². The van der Waals surface area contributed by atoms with Crippen LogP contribution < -0.4 is 10.6 Å². The molecular weight excluding hydrogens is 284 g/mol. The van der Waals surface area contributed by atoms with Crippen molar-refractivity contribution >= 4 is 17.3 Å². The maximum Gasteiger partial charge on any atom is 0.191 e. The number of nitrogens with zero attached hydrogens (tertiary/aromatic N) is 2. The second kappa shape index (κ2) is 7.26. The van der Waals surface area contributed by atoms with Crippen LogP contribution in [0.4, 0.5) is 0 Å². The van der Waals surface area contributed by atoms with Crippen LogP contribution >= 0.6 is 11.3 Å². The molecule has 2 heterocycles. The molecule has 0 saturated carbocycles. The number of rotatable bonds is 6. The number of thiophene rings is 1. The van der Waals surface area contributed by atoms with Gasteiger partial charge in [0.05, 0.1) is 6.54 Å². The third kappa shape index (κ3) is 4.60. The fourth-order valence-corrected chi connectivity index (χ4v) is 2.73. The van der Waals surface area contributed by atoms with E-state index in [4.69, 9.17) is 4.52 Å². The van der Waals surface area contributed by atoms with Crippen molar-refractivity contribution in [3.63, 3.8) is 0 Å². The van der Waals surface area contributed by atoms with Crippen LogP contribution in [0.2, 0.25) is 0 Å². The Morgan fingerprint density at radius 3 is 2.86 bits per heavy atom. The van der Waals surface area contributed by atoms with Crippen molar-refractivity contribution in [1.29, 1.82) is 0 Å². The number of hydrogen-bond donors (Lipinski definition) is 2. The monoisotopic (exact) mass is 306 g/mol. The Morgan fingerprint density at radius 1 is 1.38 bits per heavy atom. The Labute approximate surface area is 129 Å². The van der Waals surface area contributed by atoms with Crippen LogP contribution in [-0.2, 0) is 12.0 Å². The first-order chi connectivity index (χ1) is 10.1. The van der Waals surface area contributed by atoms with Crippen LogP contribution in [0.25, 0.3) is 0 Å². The predicted octanol–water partition coefficient (Wildman–Crippen LogP) is 2.77. The summed E-state index contributed by atoms with van der Waals surface area (Å²) in [6.45, 7) is 8.66. The van der Waals surface area contributed by atoms with E-state index in [0.717, 1.165) is 24.7 Å². The molecule has 2 N–H and O–H groups in total. The lowest BCUT2D eigenvalue weighted by Gasteiger charge is -2.25. The molecule has 0 unspecified atom stereocenters. The number of aliphatic imine (C=N–C) groups is 1. The standard InChI is InChI=1S/C15H22N4OS/c1-4-16-14(17-10-12-7-8-20-19-12)18-11-15(2,3)13-6-5-9-21-13/h5-9H,4,10-11H2,1-3H3,(H2,16,17,18). The molecule has 0 aliphatic rings. The van der Waals surface area contributed by atoms with Gasteiger partial charge in [0.25, 0.3) is 0 Å². The number of nitrogens with one attached hydrogen (secondary N) is 2. The molecule has 2 aromatic rings. The molecule has 0 amide bonds. The number of guanidine groups is 1. The second-order valence-corrected chi connectivity index (χ2v) is 6.35. The van der Waals surface area contributed by atoms with E-state index in [9.17, 15) is 0 Å². The van der Waals surface area contributed by atoms with E-state index in [0.29, 0.717) is 6.54 Å².